The maximum atomic E-state index is 14.3. The summed E-state index contributed by atoms with van der Waals surface area (Å²) in [4.78, 5) is 14.0. The van der Waals surface area contributed by atoms with Gasteiger partial charge in [0.05, 0.1) is 18.5 Å². The van der Waals surface area contributed by atoms with Gasteiger partial charge in [-0.1, -0.05) is 18.2 Å². The largest absolute Gasteiger partial charge is 0.496 e. The molecule has 0 unspecified atom stereocenters. The summed E-state index contributed by atoms with van der Waals surface area (Å²) in [5, 5.41) is 9.16. The van der Waals surface area contributed by atoms with E-state index in [1.165, 1.54) is 25.2 Å². The van der Waals surface area contributed by atoms with E-state index in [0.29, 0.717) is 29.7 Å². The number of ether oxygens (including phenoxy) is 1. The Morgan fingerprint density at radius 1 is 0.975 bits per heavy atom. The Hall–Kier alpha value is -3.76. The maximum Gasteiger partial charge on any atom is 0.164 e. The summed E-state index contributed by atoms with van der Waals surface area (Å²) in [6, 6.07) is 13.7. The van der Waals surface area contributed by atoms with Crippen molar-refractivity contribution in [3.05, 3.63) is 60.2 Å². The van der Waals surface area contributed by atoms with Crippen LogP contribution < -0.4 is 15.8 Å². The SMILES string of the molecule is COc1cccc(F)c1CNc1ccc(-c2nn([C@H]3CC[C@@H](N4CCN(C)CC4)CC3)c3ncnc(N)c23)cc1. The lowest BCUT2D eigenvalue weighted by atomic mass is 9.90. The highest BCUT2D eigenvalue weighted by atomic mass is 19.1. The lowest BCUT2D eigenvalue weighted by molar-refractivity contribution is 0.0815. The van der Waals surface area contributed by atoms with E-state index in [1.807, 2.05) is 24.3 Å². The molecule has 0 bridgehead atoms. The zero-order valence-corrected chi connectivity index (χ0v) is 23.2. The smallest absolute Gasteiger partial charge is 0.164 e. The summed E-state index contributed by atoms with van der Waals surface area (Å²) < 4.78 is 21.7. The van der Waals surface area contributed by atoms with Crippen LogP contribution in [0.25, 0.3) is 22.3 Å². The number of anilines is 2. The molecule has 210 valence electrons. The van der Waals surface area contributed by atoms with Crippen LogP contribution in [0.5, 0.6) is 5.75 Å². The third-order valence-corrected chi connectivity index (χ3v) is 8.51. The van der Waals surface area contributed by atoms with Crippen molar-refractivity contribution in [2.24, 2.45) is 0 Å². The fourth-order valence-corrected chi connectivity index (χ4v) is 6.15. The predicted molar refractivity (Wildman–Crippen MR) is 156 cm³/mol. The first-order valence-electron chi connectivity index (χ1n) is 14.1. The normalized spacial score (nSPS) is 20.6. The van der Waals surface area contributed by atoms with E-state index in [1.54, 1.807) is 19.2 Å². The molecule has 4 aromatic rings. The molecule has 1 aliphatic heterocycles. The van der Waals surface area contributed by atoms with E-state index in [2.05, 4.69) is 36.8 Å². The van der Waals surface area contributed by atoms with Gasteiger partial charge in [-0.2, -0.15) is 5.10 Å². The van der Waals surface area contributed by atoms with Crippen molar-refractivity contribution in [2.45, 2.75) is 44.3 Å². The molecular formula is C30H37FN8O. The number of aromatic nitrogens is 4. The Bertz CT molecular complexity index is 1460. The molecule has 0 spiro atoms. The number of nitrogen functional groups attached to an aromatic ring is 1. The molecule has 3 heterocycles. The molecule has 2 aromatic carbocycles. The maximum absolute atomic E-state index is 14.3. The van der Waals surface area contributed by atoms with Gasteiger partial charge >= 0.3 is 0 Å². The summed E-state index contributed by atoms with van der Waals surface area (Å²) >= 11 is 0. The number of fused-ring (bicyclic) bond motifs is 1. The highest BCUT2D eigenvalue weighted by molar-refractivity contribution is 5.98. The summed E-state index contributed by atoms with van der Waals surface area (Å²) in [5.74, 6) is 0.661. The van der Waals surface area contributed by atoms with Crippen LogP contribution in [-0.4, -0.2) is 75.9 Å². The van der Waals surface area contributed by atoms with Crippen molar-refractivity contribution >= 4 is 22.5 Å². The van der Waals surface area contributed by atoms with E-state index >= 15 is 0 Å². The van der Waals surface area contributed by atoms with E-state index in [9.17, 15) is 4.39 Å². The number of hydrogen-bond acceptors (Lipinski definition) is 8. The number of benzene rings is 2. The lowest BCUT2D eigenvalue weighted by Crippen LogP contribution is -2.49. The molecule has 3 N–H and O–H groups in total. The summed E-state index contributed by atoms with van der Waals surface area (Å²) in [6.07, 6.45) is 6.00. The van der Waals surface area contributed by atoms with Crippen LogP contribution >= 0.6 is 0 Å². The van der Waals surface area contributed by atoms with Crippen molar-refractivity contribution in [3.63, 3.8) is 0 Å². The zero-order chi connectivity index (χ0) is 27.6. The Balaban J connectivity index is 1.20. The minimum atomic E-state index is -0.298. The number of nitrogens with zero attached hydrogens (tertiary/aromatic N) is 6. The molecule has 1 saturated heterocycles. The molecule has 40 heavy (non-hydrogen) atoms. The number of nitrogens with one attached hydrogen (secondary N) is 1. The first kappa shape index (κ1) is 26.5. The molecule has 1 saturated carbocycles. The van der Waals surface area contributed by atoms with Crippen molar-refractivity contribution in [2.75, 3.05) is 51.4 Å². The molecule has 6 rings (SSSR count). The number of methoxy groups -OCH3 is 1. The zero-order valence-electron chi connectivity index (χ0n) is 23.2. The lowest BCUT2D eigenvalue weighted by Gasteiger charge is -2.41. The number of likely N-dealkylation sites (N-methyl/N-ethyl adjacent to an activating group) is 1. The van der Waals surface area contributed by atoms with Gasteiger partial charge in [-0.05, 0) is 57.0 Å². The van der Waals surface area contributed by atoms with Crippen molar-refractivity contribution in [3.8, 4) is 17.0 Å². The van der Waals surface area contributed by atoms with Gasteiger partial charge in [-0.25, -0.2) is 19.0 Å². The second kappa shape index (κ2) is 11.4. The molecule has 9 nitrogen and oxygen atoms in total. The molecule has 2 aliphatic rings. The Morgan fingerprint density at radius 3 is 2.42 bits per heavy atom. The molecule has 0 amide bonds. The molecule has 10 heteroatoms. The van der Waals surface area contributed by atoms with Crippen LogP contribution in [0.3, 0.4) is 0 Å². The van der Waals surface area contributed by atoms with Crippen LogP contribution in [0.15, 0.2) is 48.8 Å². The average molecular weight is 545 g/mol. The highest BCUT2D eigenvalue weighted by Gasteiger charge is 2.30. The van der Waals surface area contributed by atoms with Gasteiger partial charge in [0, 0.05) is 55.6 Å². The van der Waals surface area contributed by atoms with Crippen LogP contribution in [0.1, 0.15) is 37.3 Å². The van der Waals surface area contributed by atoms with E-state index in [-0.39, 0.29) is 11.9 Å². The van der Waals surface area contributed by atoms with Crippen LogP contribution in [0.4, 0.5) is 15.9 Å². The second-order valence-corrected chi connectivity index (χ2v) is 10.9. The monoisotopic (exact) mass is 544 g/mol. The van der Waals surface area contributed by atoms with Crippen LogP contribution in [0.2, 0.25) is 0 Å². The predicted octanol–water partition coefficient (Wildman–Crippen LogP) is 4.57. The second-order valence-electron chi connectivity index (χ2n) is 10.9. The molecular weight excluding hydrogens is 507 g/mol. The Kier molecular flexibility index (Phi) is 7.53. The van der Waals surface area contributed by atoms with Gasteiger partial charge in [-0.15, -0.1) is 0 Å². The molecule has 2 fully saturated rings. The Morgan fingerprint density at radius 2 is 1.70 bits per heavy atom. The summed E-state index contributed by atoms with van der Waals surface area (Å²) in [6.45, 7) is 4.92. The topological polar surface area (TPSA) is 97.4 Å². The Labute approximate surface area is 234 Å². The number of halogens is 1. The third-order valence-electron chi connectivity index (χ3n) is 8.51. The number of piperazine rings is 1. The van der Waals surface area contributed by atoms with E-state index < -0.39 is 0 Å². The van der Waals surface area contributed by atoms with E-state index in [4.69, 9.17) is 15.6 Å². The fraction of sp³-hybridized carbons (Fsp3) is 0.433. The molecule has 1 aliphatic carbocycles. The minimum Gasteiger partial charge on any atom is -0.496 e. The summed E-state index contributed by atoms with van der Waals surface area (Å²) in [7, 11) is 3.75. The standard InChI is InChI=1S/C30H37FN8O/c1-37-14-16-38(17-15-37)22-10-12-23(13-11-22)39-30-27(29(32)34-19-35-30)28(36-39)20-6-8-21(9-7-20)33-18-24-25(31)4-3-5-26(24)40-2/h3-9,19,22-23,33H,10-18H2,1-2H3,(H2,32,34,35)/t22-,23+. The molecule has 0 radical (unpaired) electrons. The first-order valence-corrected chi connectivity index (χ1v) is 14.1. The highest BCUT2D eigenvalue weighted by Crippen LogP contribution is 2.37. The van der Waals surface area contributed by atoms with Gasteiger partial charge in [0.2, 0.25) is 0 Å². The third kappa shape index (κ3) is 5.21. The van der Waals surface area contributed by atoms with Gasteiger partial charge in [-0.3, -0.25) is 4.90 Å². The van der Waals surface area contributed by atoms with Crippen LogP contribution in [-0.2, 0) is 6.54 Å². The fourth-order valence-electron chi connectivity index (χ4n) is 6.15. The van der Waals surface area contributed by atoms with E-state index in [0.717, 1.165) is 67.0 Å². The van der Waals surface area contributed by atoms with Gasteiger partial charge in [0.25, 0.3) is 0 Å². The molecule has 0 atom stereocenters. The number of rotatable bonds is 7. The summed E-state index contributed by atoms with van der Waals surface area (Å²) in [5.41, 5.74) is 10.2. The molecule has 2 aromatic heterocycles. The van der Waals surface area contributed by atoms with Crippen LogP contribution in [0, 0.1) is 5.82 Å². The van der Waals surface area contributed by atoms with Gasteiger partial charge in [0.1, 0.15) is 29.4 Å². The minimum absolute atomic E-state index is 0.283. The van der Waals surface area contributed by atoms with Gasteiger partial charge in [0.15, 0.2) is 5.65 Å². The van der Waals surface area contributed by atoms with Gasteiger partial charge < -0.3 is 20.7 Å². The van der Waals surface area contributed by atoms with Crippen molar-refractivity contribution < 1.29 is 9.13 Å². The van der Waals surface area contributed by atoms with Crippen molar-refractivity contribution in [1.29, 1.82) is 0 Å². The van der Waals surface area contributed by atoms with Crippen molar-refractivity contribution in [1.82, 2.24) is 29.5 Å². The first-order chi connectivity index (χ1) is 19.5. The average Bonchev–Trinajstić information content (AvgIpc) is 3.38. The number of nitrogens with two attached hydrogens (primary N) is 1. The quantitative estimate of drug-likeness (QED) is 0.349. The number of hydrogen-bond donors (Lipinski definition) is 2.